The van der Waals surface area contributed by atoms with Gasteiger partial charge >= 0.3 is 0 Å². The summed E-state index contributed by atoms with van der Waals surface area (Å²) < 4.78 is 32.9. The molecular formula is C22H28N2O4S. The van der Waals surface area contributed by atoms with Crippen LogP contribution < -0.4 is 10.1 Å². The van der Waals surface area contributed by atoms with Crippen molar-refractivity contribution in [2.75, 3.05) is 18.4 Å². The fourth-order valence-corrected chi connectivity index (χ4v) is 4.78. The Bertz CT molecular complexity index is 916. The van der Waals surface area contributed by atoms with Gasteiger partial charge in [0.25, 0.3) is 5.91 Å². The van der Waals surface area contributed by atoms with E-state index in [-0.39, 0.29) is 10.8 Å². The molecule has 0 radical (unpaired) electrons. The molecule has 3 rings (SSSR count). The van der Waals surface area contributed by atoms with Crippen LogP contribution >= 0.6 is 0 Å². The summed E-state index contributed by atoms with van der Waals surface area (Å²) in [4.78, 5) is 12.6. The number of nitrogens with zero attached hydrogens (tertiary/aromatic N) is 1. The Labute approximate surface area is 172 Å². The van der Waals surface area contributed by atoms with Crippen molar-refractivity contribution in [3.63, 3.8) is 0 Å². The van der Waals surface area contributed by atoms with Crippen LogP contribution in [0.25, 0.3) is 0 Å². The normalized spacial score (nSPS) is 16.6. The van der Waals surface area contributed by atoms with E-state index in [1.54, 1.807) is 35.5 Å². The summed E-state index contributed by atoms with van der Waals surface area (Å²) in [6, 6.07) is 13.8. The van der Waals surface area contributed by atoms with Crippen LogP contribution in [0.15, 0.2) is 53.4 Å². The van der Waals surface area contributed by atoms with E-state index in [2.05, 4.69) is 5.32 Å². The maximum absolute atomic E-state index is 12.8. The minimum Gasteiger partial charge on any atom is -0.481 e. The molecule has 1 amide bonds. The van der Waals surface area contributed by atoms with E-state index in [4.69, 9.17) is 4.74 Å². The molecule has 1 N–H and O–H groups in total. The van der Waals surface area contributed by atoms with E-state index in [9.17, 15) is 13.2 Å². The monoisotopic (exact) mass is 416 g/mol. The molecule has 1 saturated heterocycles. The Balaban J connectivity index is 1.62. The molecule has 29 heavy (non-hydrogen) atoms. The van der Waals surface area contributed by atoms with Gasteiger partial charge in [-0.05, 0) is 63.1 Å². The van der Waals surface area contributed by atoms with Crippen molar-refractivity contribution >= 4 is 21.6 Å². The number of nitrogens with one attached hydrogen (secondary N) is 1. The van der Waals surface area contributed by atoms with E-state index in [1.807, 2.05) is 31.2 Å². The Morgan fingerprint density at radius 1 is 0.966 bits per heavy atom. The third kappa shape index (κ3) is 5.58. The predicted octanol–water partition coefficient (Wildman–Crippen LogP) is 3.97. The molecule has 0 bridgehead atoms. The zero-order valence-corrected chi connectivity index (χ0v) is 17.7. The standard InChI is InChI=1S/C22H28N2O4S/c1-17-7-11-20(12-8-17)28-18(2)22(25)23-19-9-13-21(14-10-19)29(26,27)24-15-5-3-4-6-16-24/h7-14,18H,3-6,15-16H2,1-2H3,(H,23,25)/t18-/m0/s1. The SMILES string of the molecule is Cc1ccc(O[C@@H](C)C(=O)Nc2ccc(S(=O)(=O)N3CCCCCC3)cc2)cc1. The first-order chi connectivity index (χ1) is 13.9. The summed E-state index contributed by atoms with van der Waals surface area (Å²) in [5.74, 6) is 0.325. The van der Waals surface area contributed by atoms with E-state index < -0.39 is 16.1 Å². The highest BCUT2D eigenvalue weighted by Crippen LogP contribution is 2.22. The second-order valence-electron chi connectivity index (χ2n) is 7.41. The van der Waals surface area contributed by atoms with Crippen LogP contribution in [0.2, 0.25) is 0 Å². The summed E-state index contributed by atoms with van der Waals surface area (Å²) in [6.45, 7) is 4.79. The van der Waals surface area contributed by atoms with Crippen LogP contribution in [-0.4, -0.2) is 37.8 Å². The lowest BCUT2D eigenvalue weighted by Crippen LogP contribution is -2.32. The Morgan fingerprint density at radius 3 is 2.14 bits per heavy atom. The van der Waals surface area contributed by atoms with Crippen LogP contribution in [0.5, 0.6) is 5.75 Å². The third-order valence-corrected chi connectivity index (χ3v) is 6.94. The number of carbonyl (C=O) groups excluding carboxylic acids is 1. The molecule has 0 saturated carbocycles. The maximum Gasteiger partial charge on any atom is 0.265 e. The topological polar surface area (TPSA) is 75.7 Å². The van der Waals surface area contributed by atoms with Crippen molar-refractivity contribution in [3.05, 3.63) is 54.1 Å². The molecule has 2 aromatic carbocycles. The Morgan fingerprint density at radius 2 is 1.55 bits per heavy atom. The molecule has 6 nitrogen and oxygen atoms in total. The zero-order valence-electron chi connectivity index (χ0n) is 16.9. The van der Waals surface area contributed by atoms with Crippen molar-refractivity contribution in [1.82, 2.24) is 4.31 Å². The first kappa shape index (κ1) is 21.3. The number of benzene rings is 2. The maximum atomic E-state index is 12.8. The van der Waals surface area contributed by atoms with Gasteiger partial charge in [-0.3, -0.25) is 4.79 Å². The second kappa shape index (κ2) is 9.41. The van der Waals surface area contributed by atoms with Gasteiger partial charge in [0.15, 0.2) is 6.10 Å². The number of sulfonamides is 1. The number of anilines is 1. The van der Waals surface area contributed by atoms with Gasteiger partial charge in [0.1, 0.15) is 5.75 Å². The van der Waals surface area contributed by atoms with Gasteiger partial charge in [-0.25, -0.2) is 8.42 Å². The quantitative estimate of drug-likeness (QED) is 0.773. The molecule has 0 unspecified atom stereocenters. The smallest absolute Gasteiger partial charge is 0.265 e. The highest BCUT2D eigenvalue weighted by atomic mass is 32.2. The van der Waals surface area contributed by atoms with Crippen LogP contribution in [0.3, 0.4) is 0 Å². The number of aryl methyl sites for hydroxylation is 1. The van der Waals surface area contributed by atoms with Gasteiger partial charge in [0.2, 0.25) is 10.0 Å². The van der Waals surface area contributed by atoms with E-state index in [0.717, 1.165) is 31.2 Å². The third-order valence-electron chi connectivity index (χ3n) is 5.03. The predicted molar refractivity (Wildman–Crippen MR) is 114 cm³/mol. The molecule has 1 aliphatic rings. The summed E-state index contributed by atoms with van der Waals surface area (Å²) >= 11 is 0. The molecule has 0 aliphatic carbocycles. The van der Waals surface area contributed by atoms with Gasteiger partial charge in [-0.1, -0.05) is 30.5 Å². The first-order valence-electron chi connectivity index (χ1n) is 10.0. The van der Waals surface area contributed by atoms with Crippen molar-refractivity contribution in [2.45, 2.75) is 50.5 Å². The van der Waals surface area contributed by atoms with E-state index >= 15 is 0 Å². The van der Waals surface area contributed by atoms with Crippen LogP contribution in [0.4, 0.5) is 5.69 Å². The minimum atomic E-state index is -3.50. The number of carbonyl (C=O) groups is 1. The molecule has 0 aromatic heterocycles. The molecule has 1 fully saturated rings. The molecule has 7 heteroatoms. The second-order valence-corrected chi connectivity index (χ2v) is 9.34. The van der Waals surface area contributed by atoms with Gasteiger partial charge in [-0.2, -0.15) is 4.31 Å². The molecule has 0 spiro atoms. The number of rotatable bonds is 6. The van der Waals surface area contributed by atoms with Gasteiger partial charge in [0, 0.05) is 18.8 Å². The number of hydrogen-bond acceptors (Lipinski definition) is 4. The summed E-state index contributed by atoms with van der Waals surface area (Å²) in [5.41, 5.74) is 1.65. The largest absolute Gasteiger partial charge is 0.481 e. The summed E-state index contributed by atoms with van der Waals surface area (Å²) in [7, 11) is -3.50. The minimum absolute atomic E-state index is 0.251. The first-order valence-corrected chi connectivity index (χ1v) is 11.4. The van der Waals surface area contributed by atoms with Gasteiger partial charge in [0.05, 0.1) is 4.90 Å². The molecule has 1 aliphatic heterocycles. The number of hydrogen-bond donors (Lipinski definition) is 1. The Kier molecular flexibility index (Phi) is 6.92. The van der Waals surface area contributed by atoms with Crippen molar-refractivity contribution in [3.8, 4) is 5.75 Å². The van der Waals surface area contributed by atoms with Gasteiger partial charge < -0.3 is 10.1 Å². The lowest BCUT2D eigenvalue weighted by Gasteiger charge is -2.20. The molecule has 2 aromatic rings. The zero-order chi connectivity index (χ0) is 20.9. The molecule has 1 heterocycles. The number of amides is 1. The van der Waals surface area contributed by atoms with Crippen molar-refractivity contribution < 1.29 is 17.9 Å². The van der Waals surface area contributed by atoms with Crippen LogP contribution in [0.1, 0.15) is 38.2 Å². The summed E-state index contributed by atoms with van der Waals surface area (Å²) in [6.07, 6.45) is 3.25. The summed E-state index contributed by atoms with van der Waals surface area (Å²) in [5, 5.41) is 2.77. The van der Waals surface area contributed by atoms with E-state index in [0.29, 0.717) is 24.5 Å². The van der Waals surface area contributed by atoms with Crippen LogP contribution in [0, 0.1) is 6.92 Å². The fourth-order valence-electron chi connectivity index (χ4n) is 3.26. The lowest BCUT2D eigenvalue weighted by molar-refractivity contribution is -0.122. The average Bonchev–Trinajstić information content (AvgIpc) is 3.00. The number of ether oxygens (including phenoxy) is 1. The fraction of sp³-hybridized carbons (Fsp3) is 0.409. The lowest BCUT2D eigenvalue weighted by atomic mass is 10.2. The highest BCUT2D eigenvalue weighted by Gasteiger charge is 2.25. The van der Waals surface area contributed by atoms with Crippen molar-refractivity contribution in [1.29, 1.82) is 0 Å². The van der Waals surface area contributed by atoms with E-state index in [1.165, 1.54) is 0 Å². The van der Waals surface area contributed by atoms with Crippen molar-refractivity contribution in [2.24, 2.45) is 0 Å². The molecular weight excluding hydrogens is 388 g/mol. The highest BCUT2D eigenvalue weighted by molar-refractivity contribution is 7.89. The Hall–Kier alpha value is -2.38. The van der Waals surface area contributed by atoms with Crippen LogP contribution in [-0.2, 0) is 14.8 Å². The molecule has 1 atom stereocenters. The molecule has 156 valence electrons. The van der Waals surface area contributed by atoms with Gasteiger partial charge in [-0.15, -0.1) is 0 Å². The average molecular weight is 417 g/mol.